The Morgan fingerprint density at radius 2 is 1.88 bits per heavy atom. The van der Waals surface area contributed by atoms with Crippen LogP contribution in [0.25, 0.3) is 0 Å². The van der Waals surface area contributed by atoms with Gasteiger partial charge < -0.3 is 31.2 Å². The van der Waals surface area contributed by atoms with E-state index in [2.05, 4.69) is 37.6 Å². The van der Waals surface area contributed by atoms with Crippen LogP contribution in [0.5, 0.6) is 0 Å². The summed E-state index contributed by atoms with van der Waals surface area (Å²) in [5.74, 6) is 1.50. The SMILES string of the molecule is C=C/C(O)=C(\C=C/C)C(=C/CC(/C=N\NCC1CCN(CC2CC(OC3CCNCC3)C2)CC1)=C/C)/N=NCN. The summed E-state index contributed by atoms with van der Waals surface area (Å²) in [7, 11) is 0. The summed E-state index contributed by atoms with van der Waals surface area (Å²) in [4.78, 5) is 2.65. The van der Waals surface area contributed by atoms with Gasteiger partial charge in [0.2, 0.25) is 0 Å². The number of hydrazone groups is 1. The first-order chi connectivity index (χ1) is 19.6. The van der Waals surface area contributed by atoms with Crippen molar-refractivity contribution in [2.24, 2.45) is 32.9 Å². The van der Waals surface area contributed by atoms with Crippen molar-refractivity contribution >= 4 is 6.21 Å². The molecule has 5 N–H and O–H groups in total. The Morgan fingerprint density at radius 3 is 2.52 bits per heavy atom. The third kappa shape index (κ3) is 10.8. The summed E-state index contributed by atoms with van der Waals surface area (Å²) >= 11 is 0. The summed E-state index contributed by atoms with van der Waals surface area (Å²) in [6, 6.07) is 0. The molecule has 0 bridgehead atoms. The number of allylic oxidation sites excluding steroid dienone is 6. The third-order valence-corrected chi connectivity index (χ3v) is 8.03. The molecule has 0 aromatic carbocycles. The van der Waals surface area contributed by atoms with E-state index in [0.717, 1.165) is 31.1 Å². The lowest BCUT2D eigenvalue weighted by molar-refractivity contribution is -0.0899. The maximum Gasteiger partial charge on any atom is 0.124 e. The molecule has 2 saturated heterocycles. The van der Waals surface area contributed by atoms with E-state index in [-0.39, 0.29) is 12.4 Å². The van der Waals surface area contributed by atoms with Crippen molar-refractivity contribution < 1.29 is 9.84 Å². The Morgan fingerprint density at radius 1 is 1.12 bits per heavy atom. The van der Waals surface area contributed by atoms with Gasteiger partial charge in [-0.2, -0.15) is 15.3 Å². The van der Waals surface area contributed by atoms with Crippen molar-refractivity contribution in [1.29, 1.82) is 0 Å². The second-order valence-corrected chi connectivity index (χ2v) is 11.0. The number of nitrogens with one attached hydrogen (secondary N) is 2. The van der Waals surface area contributed by atoms with E-state index in [0.29, 0.717) is 35.8 Å². The molecule has 222 valence electrons. The first-order valence-corrected chi connectivity index (χ1v) is 15.0. The van der Waals surface area contributed by atoms with Gasteiger partial charge in [-0.15, -0.1) is 0 Å². The topological polar surface area (TPSA) is 120 Å². The van der Waals surface area contributed by atoms with Crippen molar-refractivity contribution in [3.05, 3.63) is 59.6 Å². The Bertz CT molecular complexity index is 949. The van der Waals surface area contributed by atoms with Gasteiger partial charge in [0.05, 0.1) is 17.9 Å². The van der Waals surface area contributed by atoms with Crippen LogP contribution in [0.15, 0.2) is 74.9 Å². The number of nitrogens with zero attached hydrogens (tertiary/aromatic N) is 4. The van der Waals surface area contributed by atoms with Crippen LogP contribution in [-0.4, -0.2) is 74.4 Å². The maximum atomic E-state index is 10.3. The first-order valence-electron chi connectivity index (χ1n) is 15.0. The van der Waals surface area contributed by atoms with Gasteiger partial charge in [0.15, 0.2) is 0 Å². The molecule has 3 rings (SSSR count). The van der Waals surface area contributed by atoms with Gasteiger partial charge in [0.1, 0.15) is 12.4 Å². The highest BCUT2D eigenvalue weighted by Crippen LogP contribution is 2.33. The normalized spacial score (nSPS) is 25.1. The Kier molecular flexibility index (Phi) is 14.3. The van der Waals surface area contributed by atoms with E-state index >= 15 is 0 Å². The molecule has 2 heterocycles. The summed E-state index contributed by atoms with van der Waals surface area (Å²) in [6.45, 7) is 14.3. The molecule has 0 aromatic rings. The van der Waals surface area contributed by atoms with Crippen LogP contribution < -0.4 is 16.5 Å². The highest BCUT2D eigenvalue weighted by molar-refractivity contribution is 5.78. The molecule has 1 aliphatic carbocycles. The van der Waals surface area contributed by atoms with Crippen molar-refractivity contribution in [2.75, 3.05) is 45.9 Å². The van der Waals surface area contributed by atoms with E-state index in [1.54, 1.807) is 6.08 Å². The molecule has 2 aliphatic heterocycles. The van der Waals surface area contributed by atoms with Crippen LogP contribution in [0.3, 0.4) is 0 Å². The van der Waals surface area contributed by atoms with E-state index in [1.807, 2.05) is 38.3 Å². The van der Waals surface area contributed by atoms with Crippen molar-refractivity contribution in [1.82, 2.24) is 15.6 Å². The number of nitrogens with two attached hydrogens (primary N) is 1. The fourth-order valence-corrected chi connectivity index (χ4v) is 5.55. The molecular weight excluding hydrogens is 502 g/mol. The van der Waals surface area contributed by atoms with Crippen LogP contribution in [0.2, 0.25) is 0 Å². The molecule has 0 unspecified atom stereocenters. The molecule has 3 fully saturated rings. The number of aliphatic hydroxyl groups excluding tert-OH is 1. The van der Waals surface area contributed by atoms with Gasteiger partial charge >= 0.3 is 0 Å². The Labute approximate surface area is 241 Å². The number of hydrogen-bond acceptors (Lipinski definition) is 9. The second-order valence-electron chi connectivity index (χ2n) is 11.0. The molecule has 40 heavy (non-hydrogen) atoms. The molecule has 0 amide bonds. The minimum absolute atomic E-state index is 0.0437. The molecular formula is C31H51N7O2. The maximum absolute atomic E-state index is 10.3. The van der Waals surface area contributed by atoms with Gasteiger partial charge in [-0.1, -0.05) is 30.9 Å². The zero-order valence-electron chi connectivity index (χ0n) is 24.6. The zero-order valence-corrected chi connectivity index (χ0v) is 24.6. The molecule has 1 saturated carbocycles. The molecule has 9 nitrogen and oxygen atoms in total. The lowest BCUT2D eigenvalue weighted by Crippen LogP contribution is -2.45. The van der Waals surface area contributed by atoms with Gasteiger partial charge in [-0.25, -0.2) is 0 Å². The quantitative estimate of drug-likeness (QED) is 0.0746. The molecule has 3 aliphatic rings. The average Bonchev–Trinajstić information content (AvgIpc) is 2.97. The number of piperidine rings is 2. The fraction of sp³-hybridized carbons (Fsp3) is 0.645. The lowest BCUT2D eigenvalue weighted by Gasteiger charge is -2.42. The number of azo groups is 1. The van der Waals surface area contributed by atoms with Crippen molar-refractivity contribution in [3.63, 3.8) is 0 Å². The predicted octanol–water partition coefficient (Wildman–Crippen LogP) is 4.98. The van der Waals surface area contributed by atoms with E-state index in [1.165, 1.54) is 64.2 Å². The van der Waals surface area contributed by atoms with Gasteiger partial charge in [0, 0.05) is 24.9 Å². The highest BCUT2D eigenvalue weighted by atomic mass is 16.5. The summed E-state index contributed by atoms with van der Waals surface area (Å²) in [5, 5.41) is 26.3. The van der Waals surface area contributed by atoms with Crippen molar-refractivity contribution in [2.45, 2.75) is 71.0 Å². The average molecular weight is 554 g/mol. The van der Waals surface area contributed by atoms with Crippen LogP contribution in [-0.2, 0) is 4.74 Å². The lowest BCUT2D eigenvalue weighted by atomic mass is 9.81. The second kappa shape index (κ2) is 18.0. The summed E-state index contributed by atoms with van der Waals surface area (Å²) < 4.78 is 6.30. The van der Waals surface area contributed by atoms with Crippen LogP contribution in [0.1, 0.15) is 58.8 Å². The van der Waals surface area contributed by atoms with E-state index in [9.17, 15) is 5.11 Å². The van der Waals surface area contributed by atoms with Gasteiger partial charge in [-0.3, -0.25) is 0 Å². The van der Waals surface area contributed by atoms with Crippen molar-refractivity contribution in [3.8, 4) is 0 Å². The Hall–Kier alpha value is -2.59. The van der Waals surface area contributed by atoms with Gasteiger partial charge in [-0.05, 0) is 108 Å². The zero-order chi connectivity index (χ0) is 28.6. The van der Waals surface area contributed by atoms with E-state index in [4.69, 9.17) is 10.5 Å². The standard InChI is InChI=1S/C31H51N7O2/c1-4-7-29(31(39)6-3)30(37-36-23-32)9-8-24(5-2)20-34-35-21-25-12-16-38(17-13-25)22-26-18-28(19-26)40-27-10-14-33-15-11-27/h4-7,9,20,25-28,33,35,39H,3,8,10-19,21-23,32H2,1-2H3/b7-4-,24-5-,30-9-,31-29-,34-20-,37-36?. The van der Waals surface area contributed by atoms with Crippen LogP contribution in [0, 0.1) is 11.8 Å². The van der Waals surface area contributed by atoms with Gasteiger partial charge in [0.25, 0.3) is 0 Å². The number of rotatable bonds is 15. The predicted molar refractivity (Wildman–Crippen MR) is 164 cm³/mol. The van der Waals surface area contributed by atoms with Crippen LogP contribution >= 0.6 is 0 Å². The largest absolute Gasteiger partial charge is 0.507 e. The molecule has 0 radical (unpaired) electrons. The number of likely N-dealkylation sites (tertiary alicyclic amines) is 1. The number of aliphatic hydroxyl groups is 1. The highest BCUT2D eigenvalue weighted by Gasteiger charge is 2.34. The minimum Gasteiger partial charge on any atom is -0.507 e. The summed E-state index contributed by atoms with van der Waals surface area (Å²) in [5.41, 5.74) is 10.9. The number of hydrogen-bond donors (Lipinski definition) is 4. The molecule has 0 atom stereocenters. The molecule has 9 heteroatoms. The monoisotopic (exact) mass is 553 g/mol. The first kappa shape index (κ1) is 31.9. The molecule has 0 spiro atoms. The van der Waals surface area contributed by atoms with E-state index < -0.39 is 0 Å². The fourth-order valence-electron chi connectivity index (χ4n) is 5.55. The van der Waals surface area contributed by atoms with Crippen LogP contribution in [0.4, 0.5) is 0 Å². The summed E-state index contributed by atoms with van der Waals surface area (Å²) in [6.07, 6.45) is 19.6. The minimum atomic E-state index is 0.0437. The molecule has 0 aromatic heterocycles. The smallest absolute Gasteiger partial charge is 0.124 e. The third-order valence-electron chi connectivity index (χ3n) is 8.03. The number of ether oxygens (including phenoxy) is 1. The Balaban J connectivity index is 1.36.